The molecule has 3 heteroatoms. The van der Waals surface area contributed by atoms with Gasteiger partial charge in [0.2, 0.25) is 0 Å². The molecule has 0 aliphatic carbocycles. The average Bonchev–Trinajstić information content (AvgIpc) is 2.62. The monoisotopic (exact) mass is 253 g/mol. The molecule has 0 N–H and O–H groups in total. The zero-order chi connectivity index (χ0) is 13.2. The van der Waals surface area contributed by atoms with Crippen molar-refractivity contribution in [2.45, 2.75) is 40.7 Å². The van der Waals surface area contributed by atoms with Gasteiger partial charge in [-0.1, -0.05) is 20.8 Å². The molecule has 0 fully saturated rings. The molecule has 17 heavy (non-hydrogen) atoms. The average molecular weight is 253 g/mol. The number of carbonyl (C=O) groups is 1. The van der Waals surface area contributed by atoms with E-state index in [1.54, 1.807) is 11.3 Å². The highest BCUT2D eigenvalue weighted by atomic mass is 32.1. The molecule has 1 atom stereocenters. The third kappa shape index (κ3) is 3.93. The van der Waals surface area contributed by atoms with E-state index in [1.807, 2.05) is 26.1 Å². The van der Waals surface area contributed by atoms with Gasteiger partial charge < -0.3 is 0 Å². The molecule has 2 nitrogen and oxygen atoms in total. The number of thiophene rings is 1. The van der Waals surface area contributed by atoms with Gasteiger partial charge >= 0.3 is 0 Å². The van der Waals surface area contributed by atoms with Crippen molar-refractivity contribution in [3.8, 4) is 0 Å². The van der Waals surface area contributed by atoms with Gasteiger partial charge in [-0.15, -0.1) is 11.3 Å². The lowest BCUT2D eigenvalue weighted by molar-refractivity contribution is 0.0857. The SMILES string of the molecule is Cc1ccc(C(=O)CN(C)C(C)C(C)(C)C)s1. The number of hydrogen-bond donors (Lipinski definition) is 0. The lowest BCUT2D eigenvalue weighted by atomic mass is 9.87. The fourth-order valence-electron chi connectivity index (χ4n) is 1.69. The van der Waals surface area contributed by atoms with E-state index in [1.165, 1.54) is 4.88 Å². The smallest absolute Gasteiger partial charge is 0.186 e. The molecule has 0 bridgehead atoms. The van der Waals surface area contributed by atoms with Crippen LogP contribution >= 0.6 is 11.3 Å². The molecule has 0 aliphatic heterocycles. The van der Waals surface area contributed by atoms with E-state index in [0.717, 1.165) is 4.88 Å². The quantitative estimate of drug-likeness (QED) is 0.764. The first-order chi connectivity index (χ1) is 7.71. The summed E-state index contributed by atoms with van der Waals surface area (Å²) in [6.07, 6.45) is 0. The van der Waals surface area contributed by atoms with Gasteiger partial charge in [0.15, 0.2) is 5.78 Å². The van der Waals surface area contributed by atoms with E-state index < -0.39 is 0 Å². The van der Waals surface area contributed by atoms with Crippen molar-refractivity contribution in [1.29, 1.82) is 0 Å². The summed E-state index contributed by atoms with van der Waals surface area (Å²) in [6, 6.07) is 4.32. The van der Waals surface area contributed by atoms with Crippen LogP contribution in [0.5, 0.6) is 0 Å². The summed E-state index contributed by atoms with van der Waals surface area (Å²) in [5.74, 6) is 0.224. The maximum Gasteiger partial charge on any atom is 0.186 e. The van der Waals surface area contributed by atoms with Crippen molar-refractivity contribution in [2.75, 3.05) is 13.6 Å². The molecule has 1 heterocycles. The zero-order valence-corrected chi connectivity index (χ0v) is 12.5. The highest BCUT2D eigenvalue weighted by Gasteiger charge is 2.25. The van der Waals surface area contributed by atoms with Gasteiger partial charge in [0.05, 0.1) is 11.4 Å². The predicted molar refractivity (Wildman–Crippen MR) is 74.9 cm³/mol. The fourth-order valence-corrected chi connectivity index (χ4v) is 2.48. The van der Waals surface area contributed by atoms with Crippen LogP contribution in [0.1, 0.15) is 42.2 Å². The first-order valence-electron chi connectivity index (χ1n) is 6.01. The van der Waals surface area contributed by atoms with Gasteiger partial charge in [0.25, 0.3) is 0 Å². The van der Waals surface area contributed by atoms with Crippen LogP contribution in [0.3, 0.4) is 0 Å². The summed E-state index contributed by atoms with van der Waals surface area (Å²) in [5.41, 5.74) is 0.195. The molecule has 1 aromatic rings. The number of nitrogens with zero attached hydrogens (tertiary/aromatic N) is 1. The van der Waals surface area contributed by atoms with Crippen LogP contribution in [0.2, 0.25) is 0 Å². The molecule has 1 unspecified atom stereocenters. The van der Waals surface area contributed by atoms with Crippen molar-refractivity contribution < 1.29 is 4.79 Å². The van der Waals surface area contributed by atoms with Crippen LogP contribution in [0.4, 0.5) is 0 Å². The lowest BCUT2D eigenvalue weighted by Crippen LogP contribution is -2.41. The predicted octanol–water partition coefficient (Wildman–Crippen LogP) is 3.61. The summed E-state index contributed by atoms with van der Waals surface area (Å²) in [7, 11) is 2.02. The number of hydrogen-bond acceptors (Lipinski definition) is 3. The van der Waals surface area contributed by atoms with Crippen LogP contribution in [-0.4, -0.2) is 30.3 Å². The second kappa shape index (κ2) is 5.32. The van der Waals surface area contributed by atoms with E-state index >= 15 is 0 Å². The summed E-state index contributed by atoms with van der Waals surface area (Å²) in [5, 5.41) is 0. The zero-order valence-electron chi connectivity index (χ0n) is 11.7. The first-order valence-corrected chi connectivity index (χ1v) is 6.83. The molecule has 0 aliphatic rings. The molecule has 0 spiro atoms. The fraction of sp³-hybridized carbons (Fsp3) is 0.643. The van der Waals surface area contributed by atoms with Crippen LogP contribution in [-0.2, 0) is 0 Å². The topological polar surface area (TPSA) is 20.3 Å². The summed E-state index contributed by atoms with van der Waals surface area (Å²) < 4.78 is 0. The second-order valence-electron chi connectivity index (χ2n) is 5.79. The summed E-state index contributed by atoms with van der Waals surface area (Å²) in [6.45, 7) is 11.3. The molecule has 0 aromatic carbocycles. The summed E-state index contributed by atoms with van der Waals surface area (Å²) in [4.78, 5) is 16.3. The standard InChI is InChI=1S/C14H23NOS/c1-10-7-8-13(17-10)12(16)9-15(6)11(2)14(3,4)5/h7-8,11H,9H2,1-6H3. The normalized spacial score (nSPS) is 14.1. The van der Waals surface area contributed by atoms with Gasteiger partial charge in [-0.25, -0.2) is 0 Å². The summed E-state index contributed by atoms with van der Waals surface area (Å²) >= 11 is 1.58. The molecule has 0 radical (unpaired) electrons. The number of rotatable bonds is 4. The number of Topliss-reactive ketones (excluding diaryl/α,β-unsaturated/α-hetero) is 1. The third-order valence-corrected chi connectivity index (χ3v) is 4.36. The number of aryl methyl sites for hydroxylation is 1. The van der Waals surface area contributed by atoms with Gasteiger partial charge in [-0.05, 0) is 38.4 Å². The molecular formula is C14H23NOS. The van der Waals surface area contributed by atoms with E-state index in [9.17, 15) is 4.79 Å². The molecule has 0 saturated carbocycles. The van der Waals surface area contributed by atoms with Gasteiger partial charge in [-0.3, -0.25) is 9.69 Å². The largest absolute Gasteiger partial charge is 0.296 e. The van der Waals surface area contributed by atoms with Gasteiger partial charge in [-0.2, -0.15) is 0 Å². The van der Waals surface area contributed by atoms with Crippen LogP contribution in [0, 0.1) is 12.3 Å². The highest BCUT2D eigenvalue weighted by molar-refractivity contribution is 7.14. The van der Waals surface area contributed by atoms with Crippen molar-refractivity contribution in [2.24, 2.45) is 5.41 Å². The van der Waals surface area contributed by atoms with E-state index in [-0.39, 0.29) is 11.2 Å². The Morgan fingerprint density at radius 1 is 1.41 bits per heavy atom. The Morgan fingerprint density at radius 3 is 2.41 bits per heavy atom. The molecule has 96 valence electrons. The number of ketones is 1. The minimum absolute atomic E-state index is 0.195. The van der Waals surface area contributed by atoms with Crippen molar-refractivity contribution >= 4 is 17.1 Å². The Labute approximate surface area is 109 Å². The minimum atomic E-state index is 0.195. The molecule has 0 amide bonds. The van der Waals surface area contributed by atoms with Crippen LogP contribution in [0.25, 0.3) is 0 Å². The van der Waals surface area contributed by atoms with E-state index in [2.05, 4.69) is 32.6 Å². The highest BCUT2D eigenvalue weighted by Crippen LogP contribution is 2.23. The second-order valence-corrected chi connectivity index (χ2v) is 7.08. The Bertz CT molecular complexity index is 389. The third-order valence-electron chi connectivity index (χ3n) is 3.32. The molecule has 1 aromatic heterocycles. The minimum Gasteiger partial charge on any atom is -0.296 e. The maximum atomic E-state index is 12.1. The Hall–Kier alpha value is -0.670. The van der Waals surface area contributed by atoms with Gasteiger partial charge in [0, 0.05) is 10.9 Å². The molecule has 1 rings (SSSR count). The maximum absolute atomic E-state index is 12.1. The molecule has 0 saturated heterocycles. The number of carbonyl (C=O) groups excluding carboxylic acids is 1. The Kier molecular flexibility index (Phi) is 4.50. The van der Waals surface area contributed by atoms with Crippen LogP contribution in [0.15, 0.2) is 12.1 Å². The van der Waals surface area contributed by atoms with E-state index in [4.69, 9.17) is 0 Å². The Balaban J connectivity index is 2.63. The van der Waals surface area contributed by atoms with Crippen molar-refractivity contribution in [1.82, 2.24) is 4.90 Å². The van der Waals surface area contributed by atoms with Crippen molar-refractivity contribution in [3.05, 3.63) is 21.9 Å². The molecular weight excluding hydrogens is 230 g/mol. The Morgan fingerprint density at radius 2 is 2.00 bits per heavy atom. The van der Waals surface area contributed by atoms with Gasteiger partial charge in [0.1, 0.15) is 0 Å². The lowest BCUT2D eigenvalue weighted by Gasteiger charge is -2.34. The number of likely N-dealkylation sites (N-methyl/N-ethyl adjacent to an activating group) is 1. The van der Waals surface area contributed by atoms with E-state index in [0.29, 0.717) is 12.6 Å². The van der Waals surface area contributed by atoms with Crippen molar-refractivity contribution in [3.63, 3.8) is 0 Å². The van der Waals surface area contributed by atoms with Crippen LogP contribution < -0.4 is 0 Å². The first kappa shape index (κ1) is 14.4.